The zero-order chi connectivity index (χ0) is 24.4. The average Bonchev–Trinajstić information content (AvgIpc) is 3.08. The van der Waals surface area contributed by atoms with Crippen molar-refractivity contribution in [2.45, 2.75) is 26.0 Å². The molecule has 0 bridgehead atoms. The second kappa shape index (κ2) is 9.69. The number of carbonyl (C=O) groups is 2. The van der Waals surface area contributed by atoms with Crippen molar-refractivity contribution >= 4 is 33.9 Å². The number of amides is 1. The van der Waals surface area contributed by atoms with Crippen LogP contribution in [-0.2, 0) is 14.3 Å². The van der Waals surface area contributed by atoms with Gasteiger partial charge >= 0.3 is 0 Å². The van der Waals surface area contributed by atoms with Crippen molar-refractivity contribution in [3.63, 3.8) is 0 Å². The smallest absolute Gasteiger partial charge is 0.295 e. The molecule has 1 N–H and O–H groups in total. The SMILES string of the molecule is CC(C)OCCN1C(=O)C(=O)/C(=C(\O)c2cccc3ccccc23)C1c1ccc(N(C)C)cc1. The fourth-order valence-electron chi connectivity index (χ4n) is 4.38. The summed E-state index contributed by atoms with van der Waals surface area (Å²) in [5.41, 5.74) is 2.39. The molecule has 0 aromatic heterocycles. The van der Waals surface area contributed by atoms with Crippen LogP contribution in [0.1, 0.15) is 31.0 Å². The van der Waals surface area contributed by atoms with E-state index < -0.39 is 17.7 Å². The number of ketones is 1. The van der Waals surface area contributed by atoms with E-state index in [-0.39, 0.29) is 24.0 Å². The standard InChI is InChI=1S/C28H30N2O4/c1-18(2)34-17-16-30-25(20-12-14-21(15-13-20)29(3)4)24(27(32)28(30)33)26(31)23-11-7-9-19-8-5-6-10-22(19)23/h5-15,18,25,31H,16-17H2,1-4H3/b26-24-. The van der Waals surface area contributed by atoms with Crippen LogP contribution >= 0.6 is 0 Å². The van der Waals surface area contributed by atoms with Gasteiger partial charge in [0.25, 0.3) is 11.7 Å². The molecule has 6 heteroatoms. The molecule has 1 aliphatic rings. The Bertz CT molecular complexity index is 1240. The van der Waals surface area contributed by atoms with Crippen molar-refractivity contribution < 1.29 is 19.4 Å². The molecule has 1 atom stereocenters. The van der Waals surface area contributed by atoms with Crippen LogP contribution in [0.3, 0.4) is 0 Å². The minimum Gasteiger partial charge on any atom is -0.507 e. The summed E-state index contributed by atoms with van der Waals surface area (Å²) in [4.78, 5) is 29.9. The molecule has 4 rings (SSSR count). The summed E-state index contributed by atoms with van der Waals surface area (Å²) in [7, 11) is 3.90. The highest BCUT2D eigenvalue weighted by atomic mass is 16.5. The third-order valence-electron chi connectivity index (χ3n) is 6.09. The molecule has 1 saturated heterocycles. The average molecular weight is 459 g/mol. The van der Waals surface area contributed by atoms with Crippen LogP contribution in [-0.4, -0.2) is 55.0 Å². The van der Waals surface area contributed by atoms with Gasteiger partial charge in [-0.05, 0) is 42.3 Å². The third kappa shape index (κ3) is 4.41. The number of fused-ring (bicyclic) bond motifs is 1. The zero-order valence-corrected chi connectivity index (χ0v) is 20.0. The van der Waals surface area contributed by atoms with Gasteiger partial charge in [0.2, 0.25) is 0 Å². The van der Waals surface area contributed by atoms with E-state index in [1.807, 2.05) is 93.5 Å². The quantitative estimate of drug-likeness (QED) is 0.314. The van der Waals surface area contributed by atoms with Gasteiger partial charge in [-0.25, -0.2) is 0 Å². The molecule has 0 aliphatic carbocycles. The monoisotopic (exact) mass is 458 g/mol. The first-order valence-corrected chi connectivity index (χ1v) is 11.4. The van der Waals surface area contributed by atoms with Gasteiger partial charge in [0, 0.05) is 31.9 Å². The number of benzene rings is 3. The van der Waals surface area contributed by atoms with Crippen molar-refractivity contribution in [3.05, 3.63) is 83.4 Å². The molecule has 0 spiro atoms. The van der Waals surface area contributed by atoms with E-state index in [0.29, 0.717) is 12.2 Å². The minimum absolute atomic E-state index is 0.00494. The molecule has 1 heterocycles. The zero-order valence-electron chi connectivity index (χ0n) is 20.0. The number of carbonyl (C=O) groups excluding carboxylic acids is 2. The molecule has 1 aliphatic heterocycles. The summed E-state index contributed by atoms with van der Waals surface area (Å²) >= 11 is 0. The van der Waals surface area contributed by atoms with Gasteiger partial charge in [-0.1, -0.05) is 54.6 Å². The van der Waals surface area contributed by atoms with E-state index in [0.717, 1.165) is 22.0 Å². The largest absolute Gasteiger partial charge is 0.507 e. The molecule has 3 aromatic carbocycles. The van der Waals surface area contributed by atoms with Gasteiger partial charge < -0.3 is 19.6 Å². The number of rotatable bonds is 7. The maximum absolute atomic E-state index is 13.3. The van der Waals surface area contributed by atoms with Crippen molar-refractivity contribution in [2.24, 2.45) is 0 Å². The first-order chi connectivity index (χ1) is 16.3. The van der Waals surface area contributed by atoms with Gasteiger partial charge in [0.05, 0.1) is 24.3 Å². The fraction of sp³-hybridized carbons (Fsp3) is 0.286. The van der Waals surface area contributed by atoms with E-state index in [1.54, 1.807) is 6.07 Å². The third-order valence-corrected chi connectivity index (χ3v) is 6.09. The number of aliphatic hydroxyl groups is 1. The number of nitrogens with zero attached hydrogens (tertiary/aromatic N) is 2. The highest BCUT2D eigenvalue weighted by molar-refractivity contribution is 6.46. The molecule has 1 fully saturated rings. The lowest BCUT2D eigenvalue weighted by Crippen LogP contribution is -2.33. The number of likely N-dealkylation sites (tertiary alicyclic amines) is 1. The number of ether oxygens (including phenoxy) is 1. The molecular formula is C28H30N2O4. The first-order valence-electron chi connectivity index (χ1n) is 11.4. The molecule has 1 amide bonds. The maximum Gasteiger partial charge on any atom is 0.295 e. The van der Waals surface area contributed by atoms with E-state index in [2.05, 4.69) is 0 Å². The topological polar surface area (TPSA) is 70.1 Å². The predicted molar refractivity (Wildman–Crippen MR) is 135 cm³/mol. The maximum atomic E-state index is 13.3. The summed E-state index contributed by atoms with van der Waals surface area (Å²) < 4.78 is 5.67. The Morgan fingerprint density at radius 1 is 1.00 bits per heavy atom. The molecule has 176 valence electrons. The van der Waals surface area contributed by atoms with E-state index >= 15 is 0 Å². The second-order valence-corrected chi connectivity index (χ2v) is 8.92. The van der Waals surface area contributed by atoms with Gasteiger partial charge in [0.1, 0.15) is 5.76 Å². The predicted octanol–water partition coefficient (Wildman–Crippen LogP) is 4.75. The Kier molecular flexibility index (Phi) is 6.70. The summed E-state index contributed by atoms with van der Waals surface area (Å²) in [6.07, 6.45) is 0.00494. The molecule has 0 saturated carbocycles. The molecule has 0 radical (unpaired) electrons. The van der Waals surface area contributed by atoms with Crippen LogP contribution < -0.4 is 4.90 Å². The number of hydrogen-bond acceptors (Lipinski definition) is 5. The summed E-state index contributed by atoms with van der Waals surface area (Å²) in [6.45, 7) is 4.39. The number of aliphatic hydroxyl groups excluding tert-OH is 1. The van der Waals surface area contributed by atoms with Crippen LogP contribution in [0.25, 0.3) is 16.5 Å². The summed E-state index contributed by atoms with van der Waals surface area (Å²) in [6, 6.07) is 20.2. The molecular weight excluding hydrogens is 428 g/mol. The summed E-state index contributed by atoms with van der Waals surface area (Å²) in [5.74, 6) is -1.48. The second-order valence-electron chi connectivity index (χ2n) is 8.92. The van der Waals surface area contributed by atoms with Gasteiger partial charge in [-0.3, -0.25) is 9.59 Å². The van der Waals surface area contributed by atoms with Crippen LogP contribution in [0, 0.1) is 0 Å². The molecule has 34 heavy (non-hydrogen) atoms. The lowest BCUT2D eigenvalue weighted by Gasteiger charge is -2.26. The van der Waals surface area contributed by atoms with Gasteiger partial charge in [-0.15, -0.1) is 0 Å². The fourth-order valence-corrected chi connectivity index (χ4v) is 4.38. The number of Topliss-reactive ketones (excluding diaryl/α,β-unsaturated/α-hetero) is 1. The van der Waals surface area contributed by atoms with Gasteiger partial charge in [-0.2, -0.15) is 0 Å². The summed E-state index contributed by atoms with van der Waals surface area (Å²) in [5, 5.41) is 13.2. The molecule has 1 unspecified atom stereocenters. The van der Waals surface area contributed by atoms with Crippen molar-refractivity contribution in [1.29, 1.82) is 0 Å². The lowest BCUT2D eigenvalue weighted by molar-refractivity contribution is -0.140. The van der Waals surface area contributed by atoms with Crippen molar-refractivity contribution in [2.75, 3.05) is 32.1 Å². The molecule has 3 aromatic rings. The minimum atomic E-state index is -0.703. The Balaban J connectivity index is 1.86. The normalized spacial score (nSPS) is 17.7. The van der Waals surface area contributed by atoms with Crippen LogP contribution in [0.15, 0.2) is 72.3 Å². The number of anilines is 1. The van der Waals surface area contributed by atoms with E-state index in [9.17, 15) is 14.7 Å². The Hall–Kier alpha value is -3.64. The van der Waals surface area contributed by atoms with Crippen LogP contribution in [0.5, 0.6) is 0 Å². The highest BCUT2D eigenvalue weighted by Gasteiger charge is 2.46. The van der Waals surface area contributed by atoms with Gasteiger partial charge in [0.15, 0.2) is 0 Å². The number of hydrogen-bond donors (Lipinski definition) is 1. The highest BCUT2D eigenvalue weighted by Crippen LogP contribution is 2.40. The van der Waals surface area contributed by atoms with E-state index in [1.165, 1.54) is 4.90 Å². The Labute approximate surface area is 200 Å². The van der Waals surface area contributed by atoms with Crippen molar-refractivity contribution in [1.82, 2.24) is 4.90 Å². The Morgan fingerprint density at radius 2 is 1.68 bits per heavy atom. The molecule has 6 nitrogen and oxygen atoms in total. The first kappa shape index (κ1) is 23.5. The van der Waals surface area contributed by atoms with E-state index in [4.69, 9.17) is 4.74 Å². The van der Waals surface area contributed by atoms with Crippen molar-refractivity contribution in [3.8, 4) is 0 Å². The lowest BCUT2D eigenvalue weighted by atomic mass is 9.93. The Morgan fingerprint density at radius 3 is 2.35 bits per heavy atom. The van der Waals surface area contributed by atoms with Crippen LogP contribution in [0.2, 0.25) is 0 Å². The van der Waals surface area contributed by atoms with Crippen LogP contribution in [0.4, 0.5) is 5.69 Å².